The van der Waals surface area contributed by atoms with Gasteiger partial charge in [-0.3, -0.25) is 5.32 Å². The number of benzene rings is 2. The fourth-order valence-corrected chi connectivity index (χ4v) is 7.61. The van der Waals surface area contributed by atoms with Gasteiger partial charge in [-0.2, -0.15) is 9.40 Å². The number of hydrogen-bond donors (Lipinski definition) is 2. The average molecular weight is 592 g/mol. The van der Waals surface area contributed by atoms with E-state index in [9.17, 15) is 13.2 Å². The van der Waals surface area contributed by atoms with Gasteiger partial charge in [0.25, 0.3) is 10.0 Å². The third kappa shape index (κ3) is 6.89. The third-order valence-corrected chi connectivity index (χ3v) is 10.6. The summed E-state index contributed by atoms with van der Waals surface area (Å²) >= 11 is 1.26. The number of nitrogens with zero attached hydrogens (tertiary/aromatic N) is 3. The molecule has 3 heterocycles. The van der Waals surface area contributed by atoms with Gasteiger partial charge in [0.15, 0.2) is 0 Å². The van der Waals surface area contributed by atoms with E-state index in [1.165, 1.54) is 11.3 Å². The summed E-state index contributed by atoms with van der Waals surface area (Å²) in [5.41, 5.74) is 4.54. The molecular formula is C31H37N5O3S2. The van der Waals surface area contributed by atoms with Crippen LogP contribution in [0.3, 0.4) is 0 Å². The number of hydrogen-bond acceptors (Lipinski definition) is 5. The molecule has 0 atom stereocenters. The van der Waals surface area contributed by atoms with Gasteiger partial charge in [-0.15, -0.1) is 11.3 Å². The van der Waals surface area contributed by atoms with Gasteiger partial charge >= 0.3 is 6.03 Å². The van der Waals surface area contributed by atoms with Crippen LogP contribution in [-0.2, 0) is 21.9 Å². The highest BCUT2D eigenvalue weighted by Gasteiger charge is 2.30. The zero-order chi connectivity index (χ0) is 29.2. The maximum atomic E-state index is 13.1. The van der Waals surface area contributed by atoms with Crippen molar-refractivity contribution < 1.29 is 13.2 Å². The molecule has 2 aromatic carbocycles. The molecule has 4 aromatic rings. The Balaban J connectivity index is 1.22. The lowest BCUT2D eigenvalue weighted by Gasteiger charge is -2.31. The van der Waals surface area contributed by atoms with Crippen LogP contribution in [0, 0.1) is 12.8 Å². The molecule has 1 saturated heterocycles. The van der Waals surface area contributed by atoms with Gasteiger partial charge in [0.05, 0.1) is 11.4 Å². The Morgan fingerprint density at radius 1 is 1.00 bits per heavy atom. The predicted molar refractivity (Wildman–Crippen MR) is 166 cm³/mol. The number of sulfonamides is 1. The van der Waals surface area contributed by atoms with Crippen molar-refractivity contribution in [3.05, 3.63) is 88.9 Å². The van der Waals surface area contributed by atoms with E-state index in [1.54, 1.807) is 26.5 Å². The summed E-state index contributed by atoms with van der Waals surface area (Å²) in [6.45, 7) is 9.37. The Hall–Kier alpha value is -3.47. The average Bonchev–Trinajstić information content (AvgIpc) is 3.61. The number of anilines is 2. The lowest BCUT2D eigenvalue weighted by molar-refractivity contribution is 0.262. The Bertz CT molecular complexity index is 1600. The van der Waals surface area contributed by atoms with Crippen molar-refractivity contribution in [2.24, 2.45) is 5.92 Å². The van der Waals surface area contributed by atoms with Gasteiger partial charge in [-0.1, -0.05) is 56.7 Å². The van der Waals surface area contributed by atoms with E-state index in [0.29, 0.717) is 34.7 Å². The zero-order valence-corrected chi connectivity index (χ0v) is 25.6. The quantitative estimate of drug-likeness (QED) is 0.246. The summed E-state index contributed by atoms with van der Waals surface area (Å²) in [6, 6.07) is 20.9. The summed E-state index contributed by atoms with van der Waals surface area (Å²) in [5.74, 6) is 0.977. The van der Waals surface area contributed by atoms with Crippen LogP contribution >= 0.6 is 11.3 Å². The van der Waals surface area contributed by atoms with Crippen LogP contribution in [0.2, 0.25) is 0 Å². The number of aryl methyl sites for hydroxylation is 1. The summed E-state index contributed by atoms with van der Waals surface area (Å²) in [5, 5.41) is 12.5. The number of thiophene rings is 1. The Labute approximate surface area is 246 Å². The summed E-state index contributed by atoms with van der Waals surface area (Å²) in [6.07, 6.45) is 2.45. The van der Waals surface area contributed by atoms with E-state index in [2.05, 4.69) is 37.5 Å². The number of carbonyl (C=O) groups excluding carboxylic acids is 1. The standard InChI is InChI=1S/C31H37N5O3S2/c1-22-10-12-26(13-11-22)36-28(21-27(34-36)31(2,3)4)33-30(37)32-25-8-5-7-24(20-25)19-23-14-16-35(17-15-23)41(38,39)29-9-6-18-40-29/h5-13,18,20-21,23H,14-17,19H2,1-4H3,(H2,32,33,37). The third-order valence-electron chi connectivity index (χ3n) is 7.37. The van der Waals surface area contributed by atoms with Crippen molar-refractivity contribution in [2.75, 3.05) is 23.7 Å². The molecule has 0 saturated carbocycles. The van der Waals surface area contributed by atoms with Gasteiger partial charge in [0.2, 0.25) is 0 Å². The molecule has 0 spiro atoms. The second kappa shape index (κ2) is 11.8. The molecule has 0 aliphatic carbocycles. The maximum absolute atomic E-state index is 13.1. The van der Waals surface area contributed by atoms with Crippen LogP contribution in [-0.4, -0.2) is 41.6 Å². The lowest BCUT2D eigenvalue weighted by atomic mass is 9.91. The van der Waals surface area contributed by atoms with Crippen molar-refractivity contribution in [1.82, 2.24) is 14.1 Å². The van der Waals surface area contributed by atoms with Crippen LogP contribution in [0.25, 0.3) is 5.69 Å². The first kappa shape index (κ1) is 29.0. The van der Waals surface area contributed by atoms with E-state index in [4.69, 9.17) is 5.10 Å². The largest absolute Gasteiger partial charge is 0.324 e. The fourth-order valence-electron chi connectivity index (χ4n) is 5.00. The topological polar surface area (TPSA) is 96.3 Å². The van der Waals surface area contributed by atoms with E-state index >= 15 is 0 Å². The van der Waals surface area contributed by atoms with Gasteiger partial charge in [0, 0.05) is 30.3 Å². The molecule has 5 rings (SSSR count). The van der Waals surface area contributed by atoms with Gasteiger partial charge < -0.3 is 5.32 Å². The fraction of sp³-hybridized carbons (Fsp3) is 0.355. The number of aromatic nitrogens is 2. The van der Waals surface area contributed by atoms with Crippen molar-refractivity contribution in [3.8, 4) is 5.69 Å². The molecule has 2 N–H and O–H groups in total. The highest BCUT2D eigenvalue weighted by molar-refractivity contribution is 7.91. The minimum absolute atomic E-state index is 0.179. The zero-order valence-electron chi connectivity index (χ0n) is 23.9. The molecule has 2 aromatic heterocycles. The molecule has 0 unspecified atom stereocenters. The lowest BCUT2D eigenvalue weighted by Crippen LogP contribution is -2.38. The highest BCUT2D eigenvalue weighted by atomic mass is 32.2. The van der Waals surface area contributed by atoms with Gasteiger partial charge in [-0.25, -0.2) is 17.9 Å². The van der Waals surface area contributed by atoms with Crippen LogP contribution in [0.15, 0.2) is 76.3 Å². The minimum Gasteiger partial charge on any atom is -0.308 e. The van der Waals surface area contributed by atoms with E-state index in [-0.39, 0.29) is 11.4 Å². The Morgan fingerprint density at radius 3 is 2.39 bits per heavy atom. The molecule has 216 valence electrons. The molecule has 0 bridgehead atoms. The maximum Gasteiger partial charge on any atom is 0.324 e. The smallest absolute Gasteiger partial charge is 0.308 e. The van der Waals surface area contributed by atoms with E-state index in [0.717, 1.165) is 41.8 Å². The van der Waals surface area contributed by atoms with Crippen molar-refractivity contribution in [1.29, 1.82) is 0 Å². The second-order valence-corrected chi connectivity index (χ2v) is 14.8. The molecule has 8 nitrogen and oxygen atoms in total. The highest BCUT2D eigenvalue weighted by Crippen LogP contribution is 2.29. The molecular weight excluding hydrogens is 555 g/mol. The van der Waals surface area contributed by atoms with Crippen LogP contribution in [0.1, 0.15) is 50.4 Å². The van der Waals surface area contributed by atoms with Crippen LogP contribution in [0.5, 0.6) is 0 Å². The molecule has 0 radical (unpaired) electrons. The second-order valence-electron chi connectivity index (χ2n) is 11.7. The molecule has 2 amide bonds. The predicted octanol–water partition coefficient (Wildman–Crippen LogP) is 6.83. The first-order valence-electron chi connectivity index (χ1n) is 13.9. The number of piperidine rings is 1. The Kier molecular flexibility index (Phi) is 8.35. The molecule has 41 heavy (non-hydrogen) atoms. The number of rotatable bonds is 7. The number of nitrogens with one attached hydrogen (secondary N) is 2. The number of urea groups is 1. The first-order valence-corrected chi connectivity index (χ1v) is 16.2. The van der Waals surface area contributed by atoms with Crippen molar-refractivity contribution in [3.63, 3.8) is 0 Å². The summed E-state index contributed by atoms with van der Waals surface area (Å²) < 4.78 is 29.5. The normalized spacial score (nSPS) is 15.1. The Morgan fingerprint density at radius 2 is 1.73 bits per heavy atom. The minimum atomic E-state index is -3.40. The number of carbonyl (C=O) groups is 1. The SMILES string of the molecule is Cc1ccc(-n2nc(C(C)(C)C)cc2NC(=O)Nc2cccc(CC3CCN(S(=O)(=O)c4cccs4)CC3)c2)cc1. The monoisotopic (exact) mass is 591 g/mol. The molecule has 1 aliphatic rings. The molecule has 10 heteroatoms. The van der Waals surface area contributed by atoms with Crippen LogP contribution < -0.4 is 10.6 Å². The van der Waals surface area contributed by atoms with E-state index in [1.807, 2.05) is 55.5 Å². The number of amides is 2. The first-order chi connectivity index (χ1) is 19.5. The van der Waals surface area contributed by atoms with Gasteiger partial charge in [0.1, 0.15) is 10.0 Å². The van der Waals surface area contributed by atoms with Crippen molar-refractivity contribution in [2.45, 2.75) is 56.6 Å². The molecule has 1 aliphatic heterocycles. The van der Waals surface area contributed by atoms with E-state index < -0.39 is 10.0 Å². The molecule has 1 fully saturated rings. The van der Waals surface area contributed by atoms with Crippen LogP contribution in [0.4, 0.5) is 16.3 Å². The van der Waals surface area contributed by atoms with Crippen molar-refractivity contribution >= 4 is 38.9 Å². The van der Waals surface area contributed by atoms with Gasteiger partial charge in [-0.05, 0) is 73.4 Å². The summed E-state index contributed by atoms with van der Waals surface area (Å²) in [4.78, 5) is 13.1. The summed E-state index contributed by atoms with van der Waals surface area (Å²) in [7, 11) is -3.40.